The van der Waals surface area contributed by atoms with Crippen molar-refractivity contribution in [2.45, 2.75) is 12.5 Å². The van der Waals surface area contributed by atoms with Crippen LogP contribution in [0.1, 0.15) is 6.42 Å². The van der Waals surface area contributed by atoms with Crippen LogP contribution in [0.3, 0.4) is 0 Å². The van der Waals surface area contributed by atoms with Gasteiger partial charge in [0.15, 0.2) is 0 Å². The summed E-state index contributed by atoms with van der Waals surface area (Å²) in [6, 6.07) is 4.20. The van der Waals surface area contributed by atoms with Crippen LogP contribution in [-0.2, 0) is 9.59 Å². The molecule has 0 bridgehead atoms. The van der Waals surface area contributed by atoms with E-state index in [-0.39, 0.29) is 0 Å². The Kier molecular flexibility index (Phi) is 3.24. The zero-order valence-corrected chi connectivity index (χ0v) is 9.38. The molecule has 1 heterocycles. The first-order valence-electron chi connectivity index (χ1n) is 5.28. The molecule has 5 N–H and O–H groups in total. The summed E-state index contributed by atoms with van der Waals surface area (Å²) in [4.78, 5) is 22.1. The summed E-state index contributed by atoms with van der Waals surface area (Å²) in [7, 11) is 0. The molecule has 1 atom stereocenters. The van der Waals surface area contributed by atoms with Crippen molar-refractivity contribution in [2.24, 2.45) is 5.73 Å². The monoisotopic (exact) mass is 248 g/mol. The molecule has 0 radical (unpaired) electrons. The molecule has 0 aliphatic heterocycles. The molecule has 94 valence electrons. The van der Waals surface area contributed by atoms with E-state index in [1.54, 1.807) is 18.3 Å². The highest BCUT2D eigenvalue weighted by Gasteiger charge is 2.17. The van der Waals surface area contributed by atoms with Crippen LogP contribution in [0, 0.1) is 0 Å². The number of carbonyl (C=O) groups is 2. The van der Waals surface area contributed by atoms with Crippen LogP contribution in [-0.4, -0.2) is 33.2 Å². The minimum atomic E-state index is -1.11. The number of carboxylic acid groups (broad SMARTS) is 1. The summed E-state index contributed by atoms with van der Waals surface area (Å²) in [6.07, 6.45) is 1.22. The summed E-state index contributed by atoms with van der Waals surface area (Å²) in [5.41, 5.74) is 6.67. The normalized spacial score (nSPS) is 12.3. The van der Waals surface area contributed by atoms with Crippen molar-refractivity contribution in [3.63, 3.8) is 0 Å². The summed E-state index contributed by atoms with van der Waals surface area (Å²) in [5, 5.41) is 18.6. The smallest absolute Gasteiger partial charge is 0.305 e. The second-order valence-corrected chi connectivity index (χ2v) is 3.83. The summed E-state index contributed by atoms with van der Waals surface area (Å²) in [5.74, 6) is -1.66. The molecule has 0 fully saturated rings. The van der Waals surface area contributed by atoms with E-state index in [0.717, 1.165) is 5.39 Å². The minimum Gasteiger partial charge on any atom is -0.481 e. The number of hydrogen-bond donors (Lipinski definition) is 4. The van der Waals surface area contributed by atoms with Gasteiger partial charge >= 0.3 is 5.97 Å². The van der Waals surface area contributed by atoms with Crippen LogP contribution in [0.25, 0.3) is 10.9 Å². The van der Waals surface area contributed by atoms with Gasteiger partial charge in [0, 0.05) is 5.39 Å². The SMILES string of the molecule is NC(CC(=O)O)C(=O)Nc1cccc2cn[nH]c12. The summed E-state index contributed by atoms with van der Waals surface area (Å²) >= 11 is 0. The molecule has 0 saturated carbocycles. The van der Waals surface area contributed by atoms with Gasteiger partial charge in [0.2, 0.25) is 5.91 Å². The third-order valence-corrected chi connectivity index (χ3v) is 2.47. The van der Waals surface area contributed by atoms with E-state index in [1.807, 2.05) is 6.07 Å². The number of nitrogens with zero attached hydrogens (tertiary/aromatic N) is 1. The van der Waals surface area contributed by atoms with Gasteiger partial charge in [0.05, 0.1) is 29.9 Å². The molecular formula is C11H12N4O3. The number of aliphatic carboxylic acids is 1. The zero-order chi connectivity index (χ0) is 13.1. The van der Waals surface area contributed by atoms with Crippen molar-refractivity contribution in [3.8, 4) is 0 Å². The van der Waals surface area contributed by atoms with Crippen LogP contribution in [0.2, 0.25) is 0 Å². The van der Waals surface area contributed by atoms with E-state index in [0.29, 0.717) is 11.2 Å². The predicted molar refractivity (Wildman–Crippen MR) is 65.0 cm³/mol. The number of carbonyl (C=O) groups excluding carboxylic acids is 1. The number of amides is 1. The fraction of sp³-hybridized carbons (Fsp3) is 0.182. The van der Waals surface area contributed by atoms with Crippen LogP contribution >= 0.6 is 0 Å². The Morgan fingerprint density at radius 3 is 3.00 bits per heavy atom. The molecule has 0 aliphatic carbocycles. The van der Waals surface area contributed by atoms with Gasteiger partial charge in [-0.2, -0.15) is 5.10 Å². The number of hydrogen-bond acceptors (Lipinski definition) is 4. The molecular weight excluding hydrogens is 236 g/mol. The number of carboxylic acids is 1. The standard InChI is InChI=1S/C11H12N4O3/c12-7(4-9(16)17)11(18)14-8-3-1-2-6-5-13-15-10(6)8/h1-3,5,7H,4,12H2,(H,13,15)(H,14,18)(H,16,17). The number of nitrogens with one attached hydrogen (secondary N) is 2. The highest BCUT2D eigenvalue weighted by atomic mass is 16.4. The molecule has 0 aliphatic rings. The van der Waals surface area contributed by atoms with Gasteiger partial charge in [-0.25, -0.2) is 0 Å². The Bertz CT molecular complexity index is 593. The van der Waals surface area contributed by atoms with E-state index in [4.69, 9.17) is 10.8 Å². The largest absolute Gasteiger partial charge is 0.481 e. The molecule has 2 rings (SSSR count). The van der Waals surface area contributed by atoms with Gasteiger partial charge in [-0.05, 0) is 6.07 Å². The van der Waals surface area contributed by atoms with Gasteiger partial charge in [-0.15, -0.1) is 0 Å². The van der Waals surface area contributed by atoms with Crippen molar-refractivity contribution in [1.29, 1.82) is 0 Å². The number of nitrogens with two attached hydrogens (primary N) is 1. The Morgan fingerprint density at radius 1 is 1.50 bits per heavy atom. The quantitative estimate of drug-likeness (QED) is 0.620. The van der Waals surface area contributed by atoms with Crippen LogP contribution in [0.5, 0.6) is 0 Å². The lowest BCUT2D eigenvalue weighted by atomic mass is 10.2. The molecule has 1 amide bonds. The fourth-order valence-corrected chi connectivity index (χ4v) is 1.58. The lowest BCUT2D eigenvalue weighted by Crippen LogP contribution is -2.37. The lowest BCUT2D eigenvalue weighted by molar-refractivity contribution is -0.138. The van der Waals surface area contributed by atoms with Crippen molar-refractivity contribution in [2.75, 3.05) is 5.32 Å². The highest BCUT2D eigenvalue weighted by Crippen LogP contribution is 2.20. The van der Waals surface area contributed by atoms with Crippen LogP contribution < -0.4 is 11.1 Å². The zero-order valence-electron chi connectivity index (χ0n) is 9.38. The summed E-state index contributed by atoms with van der Waals surface area (Å²) < 4.78 is 0. The van der Waals surface area contributed by atoms with Gasteiger partial charge < -0.3 is 16.2 Å². The van der Waals surface area contributed by atoms with E-state index < -0.39 is 24.3 Å². The number of aromatic amines is 1. The lowest BCUT2D eigenvalue weighted by Gasteiger charge is -2.10. The van der Waals surface area contributed by atoms with Gasteiger partial charge in [0.25, 0.3) is 0 Å². The second kappa shape index (κ2) is 4.84. The Labute approximate surface area is 102 Å². The molecule has 18 heavy (non-hydrogen) atoms. The van der Waals surface area contributed by atoms with E-state index in [9.17, 15) is 9.59 Å². The Balaban J connectivity index is 2.16. The molecule has 7 nitrogen and oxygen atoms in total. The maximum absolute atomic E-state index is 11.7. The first-order valence-corrected chi connectivity index (χ1v) is 5.28. The van der Waals surface area contributed by atoms with E-state index in [1.165, 1.54) is 0 Å². The number of aromatic nitrogens is 2. The first-order chi connectivity index (χ1) is 8.58. The number of rotatable bonds is 4. The third kappa shape index (κ3) is 2.46. The van der Waals surface area contributed by atoms with Crippen molar-refractivity contribution >= 4 is 28.5 Å². The first kappa shape index (κ1) is 12.1. The highest BCUT2D eigenvalue weighted by molar-refractivity contribution is 6.02. The maximum Gasteiger partial charge on any atom is 0.305 e. The predicted octanol–water partition coefficient (Wildman–Crippen LogP) is 0.303. The topological polar surface area (TPSA) is 121 Å². The molecule has 1 aromatic carbocycles. The van der Waals surface area contributed by atoms with Crippen LogP contribution in [0.4, 0.5) is 5.69 Å². The van der Waals surface area contributed by atoms with Crippen molar-refractivity contribution in [3.05, 3.63) is 24.4 Å². The molecule has 7 heteroatoms. The number of anilines is 1. The summed E-state index contributed by atoms with van der Waals surface area (Å²) in [6.45, 7) is 0. The van der Waals surface area contributed by atoms with Crippen molar-refractivity contribution in [1.82, 2.24) is 10.2 Å². The molecule has 2 aromatic rings. The molecule has 1 unspecified atom stereocenters. The fourth-order valence-electron chi connectivity index (χ4n) is 1.58. The minimum absolute atomic E-state index is 0.412. The maximum atomic E-state index is 11.7. The van der Waals surface area contributed by atoms with Crippen molar-refractivity contribution < 1.29 is 14.7 Å². The molecule has 0 spiro atoms. The number of H-pyrrole nitrogens is 1. The van der Waals surface area contributed by atoms with Gasteiger partial charge in [0.1, 0.15) is 0 Å². The van der Waals surface area contributed by atoms with E-state index in [2.05, 4.69) is 15.5 Å². The third-order valence-electron chi connectivity index (χ3n) is 2.47. The average Bonchev–Trinajstić information content (AvgIpc) is 2.77. The molecule has 1 aromatic heterocycles. The second-order valence-electron chi connectivity index (χ2n) is 3.83. The van der Waals surface area contributed by atoms with Crippen LogP contribution in [0.15, 0.2) is 24.4 Å². The Morgan fingerprint density at radius 2 is 2.28 bits per heavy atom. The molecule has 0 saturated heterocycles. The Hall–Kier alpha value is -2.41. The average molecular weight is 248 g/mol. The van der Waals surface area contributed by atoms with E-state index >= 15 is 0 Å². The number of para-hydroxylation sites is 1. The number of fused-ring (bicyclic) bond motifs is 1. The van der Waals surface area contributed by atoms with Gasteiger partial charge in [-0.3, -0.25) is 14.7 Å². The number of benzene rings is 1. The van der Waals surface area contributed by atoms with Gasteiger partial charge in [-0.1, -0.05) is 12.1 Å².